The van der Waals surface area contributed by atoms with Crippen molar-refractivity contribution in [1.29, 1.82) is 0 Å². The lowest BCUT2D eigenvalue weighted by atomic mass is 10.0. The van der Waals surface area contributed by atoms with Crippen molar-refractivity contribution in [3.63, 3.8) is 0 Å². The highest BCUT2D eigenvalue weighted by molar-refractivity contribution is 5.29. The zero-order chi connectivity index (χ0) is 12.5. The summed E-state index contributed by atoms with van der Waals surface area (Å²) in [4.78, 5) is 0. The Balaban J connectivity index is 0.000000437. The first-order valence-electron chi connectivity index (χ1n) is 6.07. The minimum absolute atomic E-state index is 0.516. The molecular formula is C16H20O. The van der Waals surface area contributed by atoms with E-state index in [0.717, 1.165) is 11.1 Å². The van der Waals surface area contributed by atoms with E-state index in [1.807, 2.05) is 60.7 Å². The highest BCUT2D eigenvalue weighted by Gasteiger charge is 2.07. The van der Waals surface area contributed by atoms with Gasteiger partial charge in [-0.2, -0.15) is 0 Å². The van der Waals surface area contributed by atoms with Gasteiger partial charge in [-0.25, -0.2) is 0 Å². The molecule has 0 heterocycles. The molecule has 0 aliphatic carbocycles. The van der Waals surface area contributed by atoms with E-state index in [2.05, 4.69) is 13.8 Å². The van der Waals surface area contributed by atoms with Crippen LogP contribution in [0.5, 0.6) is 0 Å². The van der Waals surface area contributed by atoms with Gasteiger partial charge in [0.2, 0.25) is 0 Å². The topological polar surface area (TPSA) is 20.2 Å². The van der Waals surface area contributed by atoms with Crippen LogP contribution in [0, 0.1) is 0 Å². The van der Waals surface area contributed by atoms with E-state index in [-0.39, 0.29) is 0 Å². The van der Waals surface area contributed by atoms with Gasteiger partial charge in [-0.1, -0.05) is 80.9 Å². The lowest BCUT2D eigenvalue weighted by Crippen LogP contribution is -1.98. The van der Waals surface area contributed by atoms with Crippen LogP contribution in [0.25, 0.3) is 0 Å². The molecule has 0 aromatic heterocycles. The quantitative estimate of drug-likeness (QED) is 0.817. The van der Waals surface area contributed by atoms with Crippen LogP contribution in [0.2, 0.25) is 0 Å². The number of hydrogen-bond acceptors (Lipinski definition) is 1. The standard InChI is InChI=1S/C13H12O.C3H8/c14-13(11-7-3-1-4-8-11)12-9-5-2-6-10-12;1-3-2/h1-10,13-14H;3H2,1-2H3. The molecule has 2 aromatic rings. The first-order valence-corrected chi connectivity index (χ1v) is 6.07. The fourth-order valence-corrected chi connectivity index (χ4v) is 1.46. The molecule has 0 atom stereocenters. The second-order valence-corrected chi connectivity index (χ2v) is 3.93. The van der Waals surface area contributed by atoms with Crippen molar-refractivity contribution in [2.45, 2.75) is 26.4 Å². The maximum absolute atomic E-state index is 9.99. The Kier molecular flexibility index (Phi) is 6.05. The van der Waals surface area contributed by atoms with Gasteiger partial charge in [-0.05, 0) is 11.1 Å². The summed E-state index contributed by atoms with van der Waals surface area (Å²) < 4.78 is 0. The molecule has 0 unspecified atom stereocenters. The molecule has 90 valence electrons. The smallest absolute Gasteiger partial charge is 0.104 e. The van der Waals surface area contributed by atoms with Gasteiger partial charge in [0, 0.05) is 0 Å². The van der Waals surface area contributed by atoms with Gasteiger partial charge in [0.05, 0.1) is 0 Å². The van der Waals surface area contributed by atoms with E-state index in [1.54, 1.807) is 0 Å². The number of benzene rings is 2. The molecule has 0 amide bonds. The summed E-state index contributed by atoms with van der Waals surface area (Å²) in [6.07, 6.45) is 0.734. The zero-order valence-electron chi connectivity index (χ0n) is 10.5. The summed E-state index contributed by atoms with van der Waals surface area (Å²) in [5.41, 5.74) is 1.86. The highest BCUT2D eigenvalue weighted by Crippen LogP contribution is 2.20. The van der Waals surface area contributed by atoms with Crippen molar-refractivity contribution in [2.24, 2.45) is 0 Å². The highest BCUT2D eigenvalue weighted by atomic mass is 16.3. The number of aliphatic hydroxyl groups is 1. The molecule has 1 heteroatoms. The van der Waals surface area contributed by atoms with Crippen LogP contribution in [0.15, 0.2) is 60.7 Å². The summed E-state index contributed by atoms with van der Waals surface area (Å²) in [6.45, 7) is 4.25. The molecule has 0 radical (unpaired) electrons. The van der Waals surface area contributed by atoms with Crippen molar-refractivity contribution in [1.82, 2.24) is 0 Å². The predicted molar refractivity (Wildman–Crippen MR) is 72.9 cm³/mol. The van der Waals surface area contributed by atoms with E-state index in [9.17, 15) is 5.11 Å². The van der Waals surface area contributed by atoms with Crippen molar-refractivity contribution in [2.75, 3.05) is 0 Å². The fraction of sp³-hybridized carbons (Fsp3) is 0.250. The monoisotopic (exact) mass is 228 g/mol. The normalized spacial score (nSPS) is 9.65. The van der Waals surface area contributed by atoms with E-state index in [1.165, 1.54) is 6.42 Å². The average Bonchev–Trinajstić information content (AvgIpc) is 2.41. The molecular weight excluding hydrogens is 208 g/mol. The van der Waals surface area contributed by atoms with Crippen molar-refractivity contribution in [3.05, 3.63) is 71.8 Å². The Morgan fingerprint density at radius 2 is 1.06 bits per heavy atom. The molecule has 0 spiro atoms. The van der Waals surface area contributed by atoms with E-state index in [4.69, 9.17) is 0 Å². The Bertz CT molecular complexity index is 355. The minimum Gasteiger partial charge on any atom is -0.384 e. The molecule has 0 fully saturated rings. The molecule has 1 N–H and O–H groups in total. The lowest BCUT2D eigenvalue weighted by molar-refractivity contribution is 0.220. The largest absolute Gasteiger partial charge is 0.384 e. The molecule has 17 heavy (non-hydrogen) atoms. The van der Waals surface area contributed by atoms with Gasteiger partial charge in [0.15, 0.2) is 0 Å². The van der Waals surface area contributed by atoms with Crippen LogP contribution in [0.3, 0.4) is 0 Å². The van der Waals surface area contributed by atoms with Crippen LogP contribution in [0.1, 0.15) is 37.5 Å². The molecule has 2 aromatic carbocycles. The second-order valence-electron chi connectivity index (χ2n) is 3.93. The maximum Gasteiger partial charge on any atom is 0.104 e. The summed E-state index contributed by atoms with van der Waals surface area (Å²) in [5.74, 6) is 0. The minimum atomic E-state index is -0.516. The van der Waals surface area contributed by atoms with Gasteiger partial charge in [-0.3, -0.25) is 0 Å². The summed E-state index contributed by atoms with van der Waals surface area (Å²) in [6, 6.07) is 19.3. The van der Waals surface area contributed by atoms with E-state index in [0.29, 0.717) is 0 Å². The third-order valence-electron chi connectivity index (χ3n) is 2.23. The Morgan fingerprint density at radius 3 is 1.35 bits per heavy atom. The lowest BCUT2D eigenvalue weighted by Gasteiger charge is -2.10. The van der Waals surface area contributed by atoms with Crippen LogP contribution in [-0.2, 0) is 0 Å². The van der Waals surface area contributed by atoms with E-state index >= 15 is 0 Å². The third kappa shape index (κ3) is 4.41. The van der Waals surface area contributed by atoms with Gasteiger partial charge < -0.3 is 5.11 Å². The Labute approximate surface area is 104 Å². The number of hydrogen-bond donors (Lipinski definition) is 1. The third-order valence-corrected chi connectivity index (χ3v) is 2.23. The first kappa shape index (κ1) is 13.5. The number of aliphatic hydroxyl groups excluding tert-OH is 1. The van der Waals surface area contributed by atoms with E-state index < -0.39 is 6.10 Å². The van der Waals surface area contributed by atoms with Gasteiger partial charge in [-0.15, -0.1) is 0 Å². The Morgan fingerprint density at radius 1 is 0.765 bits per heavy atom. The van der Waals surface area contributed by atoms with Crippen LogP contribution in [0.4, 0.5) is 0 Å². The van der Waals surface area contributed by atoms with Crippen molar-refractivity contribution < 1.29 is 5.11 Å². The molecule has 2 rings (SSSR count). The van der Waals surface area contributed by atoms with Gasteiger partial charge in [0.1, 0.15) is 6.10 Å². The molecule has 0 aliphatic heterocycles. The molecule has 0 bridgehead atoms. The summed E-state index contributed by atoms with van der Waals surface area (Å²) in [7, 11) is 0. The molecule has 0 aliphatic rings. The van der Waals surface area contributed by atoms with Crippen LogP contribution < -0.4 is 0 Å². The van der Waals surface area contributed by atoms with Gasteiger partial charge in [0.25, 0.3) is 0 Å². The fourth-order valence-electron chi connectivity index (χ4n) is 1.46. The average molecular weight is 228 g/mol. The zero-order valence-corrected chi connectivity index (χ0v) is 10.5. The maximum atomic E-state index is 9.99. The Hall–Kier alpha value is -1.60. The van der Waals surface area contributed by atoms with Crippen LogP contribution in [-0.4, -0.2) is 5.11 Å². The SMILES string of the molecule is CCC.OC(c1ccccc1)c1ccccc1. The van der Waals surface area contributed by atoms with Crippen molar-refractivity contribution >= 4 is 0 Å². The molecule has 0 saturated heterocycles. The first-order chi connectivity index (χ1) is 8.29. The second kappa shape index (κ2) is 7.64. The van der Waals surface area contributed by atoms with Crippen molar-refractivity contribution in [3.8, 4) is 0 Å². The summed E-state index contributed by atoms with van der Waals surface area (Å²) in [5, 5.41) is 9.99. The summed E-state index contributed by atoms with van der Waals surface area (Å²) >= 11 is 0. The molecule has 1 nitrogen and oxygen atoms in total. The number of rotatable bonds is 2. The van der Waals surface area contributed by atoms with Gasteiger partial charge >= 0.3 is 0 Å². The molecule has 0 saturated carbocycles. The van der Waals surface area contributed by atoms with Crippen LogP contribution >= 0.6 is 0 Å². The predicted octanol–water partition coefficient (Wildman–Crippen LogP) is 4.18.